The number of nitrogens with zero attached hydrogens (tertiary/aromatic N) is 3. The van der Waals surface area contributed by atoms with Gasteiger partial charge >= 0.3 is 5.97 Å². The van der Waals surface area contributed by atoms with E-state index in [-0.39, 0.29) is 11.7 Å². The van der Waals surface area contributed by atoms with E-state index >= 15 is 0 Å². The maximum Gasteiger partial charge on any atom is 0.358 e. The second-order valence-electron chi connectivity index (χ2n) is 2.61. The number of nitrogens with two attached hydrogens (primary N) is 1. The first-order valence-electron chi connectivity index (χ1n) is 3.48. The Hall–Kier alpha value is -1.43. The Bertz CT molecular complexity index is 281. The molecule has 1 rings (SSSR count). The normalized spacial score (nSPS) is 12.8. The molecule has 1 aromatic rings. The van der Waals surface area contributed by atoms with E-state index in [2.05, 4.69) is 10.3 Å². The van der Waals surface area contributed by atoms with Gasteiger partial charge in [-0.3, -0.25) is 4.68 Å². The molecule has 12 heavy (non-hydrogen) atoms. The first-order valence-corrected chi connectivity index (χ1v) is 3.48. The number of carboxylic acids is 1. The van der Waals surface area contributed by atoms with E-state index < -0.39 is 5.97 Å². The van der Waals surface area contributed by atoms with E-state index in [0.29, 0.717) is 6.54 Å². The molecule has 0 radical (unpaired) electrons. The van der Waals surface area contributed by atoms with Gasteiger partial charge in [-0.2, -0.15) is 0 Å². The van der Waals surface area contributed by atoms with Crippen LogP contribution < -0.4 is 5.73 Å². The van der Waals surface area contributed by atoms with Crippen LogP contribution in [0.25, 0.3) is 0 Å². The number of aromatic carboxylic acids is 1. The van der Waals surface area contributed by atoms with Gasteiger partial charge in [0.05, 0.1) is 12.7 Å². The molecule has 1 unspecified atom stereocenters. The predicted octanol–water partition coefficient (Wildman–Crippen LogP) is -0.677. The van der Waals surface area contributed by atoms with Crippen molar-refractivity contribution in [1.29, 1.82) is 0 Å². The van der Waals surface area contributed by atoms with Crippen molar-refractivity contribution in [2.45, 2.75) is 19.5 Å². The maximum atomic E-state index is 10.4. The van der Waals surface area contributed by atoms with Gasteiger partial charge in [0, 0.05) is 6.04 Å². The molecule has 0 aliphatic carbocycles. The van der Waals surface area contributed by atoms with E-state index in [9.17, 15) is 4.79 Å². The van der Waals surface area contributed by atoms with Gasteiger partial charge in [-0.15, -0.1) is 5.10 Å². The molecule has 0 bridgehead atoms. The number of hydrogen-bond donors (Lipinski definition) is 2. The molecule has 0 saturated heterocycles. The largest absolute Gasteiger partial charge is 0.476 e. The minimum atomic E-state index is -1.08. The van der Waals surface area contributed by atoms with Crippen molar-refractivity contribution in [2.75, 3.05) is 0 Å². The van der Waals surface area contributed by atoms with Gasteiger partial charge in [-0.05, 0) is 6.92 Å². The van der Waals surface area contributed by atoms with Crippen molar-refractivity contribution >= 4 is 5.97 Å². The SMILES string of the molecule is CC(N)Cn1cc(C(=O)O)nn1. The van der Waals surface area contributed by atoms with Crippen LogP contribution in [0.5, 0.6) is 0 Å². The van der Waals surface area contributed by atoms with Crippen LogP contribution in [0.15, 0.2) is 6.20 Å². The van der Waals surface area contributed by atoms with Gasteiger partial charge in [0.25, 0.3) is 0 Å². The van der Waals surface area contributed by atoms with Gasteiger partial charge in [-0.1, -0.05) is 5.21 Å². The first-order chi connectivity index (χ1) is 5.59. The number of rotatable bonds is 3. The van der Waals surface area contributed by atoms with Crippen LogP contribution in [0.4, 0.5) is 0 Å². The zero-order chi connectivity index (χ0) is 9.14. The summed E-state index contributed by atoms with van der Waals surface area (Å²) in [6.07, 6.45) is 1.35. The fourth-order valence-corrected chi connectivity index (χ4v) is 0.781. The van der Waals surface area contributed by atoms with E-state index in [4.69, 9.17) is 10.8 Å². The van der Waals surface area contributed by atoms with E-state index in [1.165, 1.54) is 10.9 Å². The Labute approximate surface area is 69.0 Å². The summed E-state index contributed by atoms with van der Waals surface area (Å²) in [4.78, 5) is 10.4. The lowest BCUT2D eigenvalue weighted by Crippen LogP contribution is -2.22. The Morgan fingerprint density at radius 3 is 3.00 bits per heavy atom. The molecule has 0 aliphatic heterocycles. The summed E-state index contributed by atoms with van der Waals surface area (Å²) in [6.45, 7) is 2.28. The van der Waals surface area contributed by atoms with Crippen LogP contribution in [0.1, 0.15) is 17.4 Å². The summed E-state index contributed by atoms with van der Waals surface area (Å²) < 4.78 is 1.41. The van der Waals surface area contributed by atoms with Crippen molar-refractivity contribution in [1.82, 2.24) is 15.0 Å². The summed E-state index contributed by atoms with van der Waals surface area (Å²) in [5.41, 5.74) is 5.41. The molecule has 1 atom stereocenters. The number of hydrogen-bond acceptors (Lipinski definition) is 4. The van der Waals surface area contributed by atoms with Crippen LogP contribution in [-0.2, 0) is 6.54 Å². The third-order valence-corrected chi connectivity index (χ3v) is 1.23. The van der Waals surface area contributed by atoms with E-state index in [1.807, 2.05) is 6.92 Å². The van der Waals surface area contributed by atoms with Crippen molar-refractivity contribution in [3.05, 3.63) is 11.9 Å². The monoisotopic (exact) mass is 170 g/mol. The Morgan fingerprint density at radius 2 is 2.58 bits per heavy atom. The van der Waals surface area contributed by atoms with Gasteiger partial charge in [0.2, 0.25) is 0 Å². The number of carbonyl (C=O) groups is 1. The lowest BCUT2D eigenvalue weighted by Gasteiger charge is -2.01. The summed E-state index contributed by atoms with van der Waals surface area (Å²) in [6, 6.07) is -0.0617. The van der Waals surface area contributed by atoms with Gasteiger partial charge in [0.15, 0.2) is 5.69 Å². The smallest absolute Gasteiger partial charge is 0.358 e. The molecule has 0 aliphatic rings. The van der Waals surface area contributed by atoms with Crippen molar-refractivity contribution in [3.8, 4) is 0 Å². The minimum Gasteiger partial charge on any atom is -0.476 e. The van der Waals surface area contributed by atoms with Crippen LogP contribution in [0.3, 0.4) is 0 Å². The molecule has 1 aromatic heterocycles. The number of aromatic nitrogens is 3. The van der Waals surface area contributed by atoms with Crippen molar-refractivity contribution < 1.29 is 9.90 Å². The van der Waals surface area contributed by atoms with Gasteiger partial charge < -0.3 is 10.8 Å². The number of carboxylic acid groups (broad SMARTS) is 1. The van der Waals surface area contributed by atoms with Gasteiger partial charge in [-0.25, -0.2) is 4.79 Å². The summed E-state index contributed by atoms with van der Waals surface area (Å²) >= 11 is 0. The second kappa shape index (κ2) is 3.31. The average molecular weight is 170 g/mol. The Balaban J connectivity index is 2.71. The molecule has 3 N–H and O–H groups in total. The fourth-order valence-electron chi connectivity index (χ4n) is 0.781. The average Bonchev–Trinajstić information content (AvgIpc) is 2.34. The second-order valence-corrected chi connectivity index (χ2v) is 2.61. The first kappa shape index (κ1) is 8.66. The van der Waals surface area contributed by atoms with Crippen molar-refractivity contribution in [3.63, 3.8) is 0 Å². The Morgan fingerprint density at radius 1 is 1.92 bits per heavy atom. The highest BCUT2D eigenvalue weighted by molar-refractivity contribution is 5.84. The highest BCUT2D eigenvalue weighted by Gasteiger charge is 2.08. The highest BCUT2D eigenvalue weighted by atomic mass is 16.4. The lowest BCUT2D eigenvalue weighted by atomic mass is 10.4. The predicted molar refractivity (Wildman–Crippen MR) is 40.6 cm³/mol. The molecule has 1 heterocycles. The van der Waals surface area contributed by atoms with Crippen LogP contribution in [-0.4, -0.2) is 32.1 Å². The standard InChI is InChI=1S/C6H10N4O2/c1-4(7)2-10-3-5(6(11)12)8-9-10/h3-4H,2,7H2,1H3,(H,11,12). The van der Waals surface area contributed by atoms with E-state index in [1.54, 1.807) is 0 Å². The molecule has 0 spiro atoms. The summed E-state index contributed by atoms with van der Waals surface area (Å²) in [5.74, 6) is -1.08. The molecule has 66 valence electrons. The fraction of sp³-hybridized carbons (Fsp3) is 0.500. The quantitative estimate of drug-likeness (QED) is 0.627. The van der Waals surface area contributed by atoms with Crippen molar-refractivity contribution in [2.24, 2.45) is 5.73 Å². The van der Waals surface area contributed by atoms with E-state index in [0.717, 1.165) is 0 Å². The van der Waals surface area contributed by atoms with Crippen LogP contribution >= 0.6 is 0 Å². The maximum absolute atomic E-state index is 10.4. The summed E-state index contributed by atoms with van der Waals surface area (Å²) in [5, 5.41) is 15.5. The van der Waals surface area contributed by atoms with Crippen LogP contribution in [0, 0.1) is 0 Å². The van der Waals surface area contributed by atoms with Crippen LogP contribution in [0.2, 0.25) is 0 Å². The molecule has 0 saturated carbocycles. The minimum absolute atomic E-state index is 0.0596. The molecule has 6 nitrogen and oxygen atoms in total. The summed E-state index contributed by atoms with van der Waals surface area (Å²) in [7, 11) is 0. The molecule has 0 aromatic carbocycles. The molecule has 0 amide bonds. The van der Waals surface area contributed by atoms with Gasteiger partial charge in [0.1, 0.15) is 0 Å². The molecular weight excluding hydrogens is 160 g/mol. The lowest BCUT2D eigenvalue weighted by molar-refractivity contribution is 0.0690. The Kier molecular flexibility index (Phi) is 2.39. The third kappa shape index (κ3) is 2.03. The zero-order valence-corrected chi connectivity index (χ0v) is 6.64. The topological polar surface area (TPSA) is 94.0 Å². The zero-order valence-electron chi connectivity index (χ0n) is 6.64. The molecular formula is C6H10N4O2. The molecule has 0 fully saturated rings. The highest BCUT2D eigenvalue weighted by Crippen LogP contribution is 1.93. The molecule has 6 heteroatoms. The third-order valence-electron chi connectivity index (χ3n) is 1.23.